The number of hydrogen-bond acceptors (Lipinski definition) is 4. The van der Waals surface area contributed by atoms with Crippen LogP contribution >= 0.6 is 11.3 Å². The molecule has 3 saturated heterocycles. The van der Waals surface area contributed by atoms with Gasteiger partial charge in [-0.3, -0.25) is 14.7 Å². The molecule has 110 valence electrons. The van der Waals surface area contributed by atoms with Crippen molar-refractivity contribution in [3.8, 4) is 0 Å². The zero-order chi connectivity index (χ0) is 14.4. The minimum atomic E-state index is 0.0719. The van der Waals surface area contributed by atoms with E-state index in [4.69, 9.17) is 0 Å². The molecule has 4 nitrogen and oxygen atoms in total. The highest BCUT2D eigenvalue weighted by Gasteiger charge is 2.38. The third-order valence-corrected chi connectivity index (χ3v) is 6.00. The van der Waals surface area contributed by atoms with Crippen LogP contribution in [0.1, 0.15) is 29.4 Å². The summed E-state index contributed by atoms with van der Waals surface area (Å²) in [6.07, 6.45) is 6.02. The van der Waals surface area contributed by atoms with E-state index in [2.05, 4.69) is 22.1 Å². The number of amides is 1. The van der Waals surface area contributed by atoms with Crippen molar-refractivity contribution in [2.75, 3.05) is 13.1 Å². The van der Waals surface area contributed by atoms with Crippen molar-refractivity contribution in [3.05, 3.63) is 29.4 Å². The van der Waals surface area contributed by atoms with Crippen LogP contribution < -0.4 is 5.32 Å². The lowest BCUT2D eigenvalue weighted by Crippen LogP contribution is -2.60. The van der Waals surface area contributed by atoms with Gasteiger partial charge >= 0.3 is 0 Å². The predicted octanol–water partition coefficient (Wildman–Crippen LogP) is 2.51. The first-order valence-corrected chi connectivity index (χ1v) is 8.41. The predicted molar refractivity (Wildman–Crippen MR) is 84.6 cm³/mol. The largest absolute Gasteiger partial charge is 0.347 e. The third kappa shape index (κ3) is 2.34. The molecule has 0 aromatic carbocycles. The summed E-state index contributed by atoms with van der Waals surface area (Å²) < 4.78 is 1.07. The standard InChI is InChI=1S/C16H19N3OS/c1-10-6-11-3-5-19(10)9-13(11)18-16(20)14-7-12-2-4-17-8-15(12)21-14/h2,4,7-8,10-11,13H,3,5-6,9H2,1H3,(H,18,20). The van der Waals surface area contributed by atoms with E-state index >= 15 is 0 Å². The highest BCUT2D eigenvalue weighted by atomic mass is 32.1. The van der Waals surface area contributed by atoms with Crippen LogP contribution in [0.4, 0.5) is 0 Å². The van der Waals surface area contributed by atoms with E-state index in [1.165, 1.54) is 30.7 Å². The quantitative estimate of drug-likeness (QED) is 0.927. The molecule has 4 atom stereocenters. The van der Waals surface area contributed by atoms with E-state index in [1.54, 1.807) is 6.20 Å². The first-order chi connectivity index (χ1) is 10.2. The number of thiophene rings is 1. The van der Waals surface area contributed by atoms with Gasteiger partial charge in [-0.2, -0.15) is 0 Å². The summed E-state index contributed by atoms with van der Waals surface area (Å²) in [7, 11) is 0. The highest BCUT2D eigenvalue weighted by molar-refractivity contribution is 7.20. The maximum atomic E-state index is 12.5. The van der Waals surface area contributed by atoms with E-state index < -0.39 is 0 Å². The Hall–Kier alpha value is -1.46. The lowest BCUT2D eigenvalue weighted by atomic mass is 9.80. The summed E-state index contributed by atoms with van der Waals surface area (Å²) in [5.74, 6) is 0.715. The minimum absolute atomic E-state index is 0.0719. The van der Waals surface area contributed by atoms with Crippen molar-refractivity contribution in [3.63, 3.8) is 0 Å². The van der Waals surface area contributed by atoms with Gasteiger partial charge in [-0.15, -0.1) is 11.3 Å². The molecule has 5 rings (SSSR count). The summed E-state index contributed by atoms with van der Waals surface area (Å²) in [6.45, 7) is 4.49. The van der Waals surface area contributed by atoms with Crippen molar-refractivity contribution >= 4 is 27.3 Å². The molecule has 3 aliphatic heterocycles. The number of fused-ring (bicyclic) bond motifs is 4. The average Bonchev–Trinajstić information content (AvgIpc) is 2.92. The van der Waals surface area contributed by atoms with Gasteiger partial charge in [0, 0.05) is 31.0 Å². The Bertz CT molecular complexity index is 650. The minimum Gasteiger partial charge on any atom is -0.347 e. The second-order valence-electron chi connectivity index (χ2n) is 6.23. The lowest BCUT2D eigenvalue weighted by molar-refractivity contribution is 0.0275. The van der Waals surface area contributed by atoms with Gasteiger partial charge in [0.15, 0.2) is 0 Å². The maximum absolute atomic E-state index is 12.5. The van der Waals surface area contributed by atoms with Crippen LogP contribution in [0, 0.1) is 5.92 Å². The van der Waals surface area contributed by atoms with Crippen molar-refractivity contribution in [2.45, 2.75) is 31.8 Å². The Morgan fingerprint density at radius 1 is 1.52 bits per heavy atom. The topological polar surface area (TPSA) is 45.2 Å². The fourth-order valence-electron chi connectivity index (χ4n) is 3.69. The Labute approximate surface area is 128 Å². The molecule has 2 bridgehead atoms. The van der Waals surface area contributed by atoms with Gasteiger partial charge in [-0.25, -0.2) is 0 Å². The van der Waals surface area contributed by atoms with Gasteiger partial charge in [0.25, 0.3) is 5.91 Å². The van der Waals surface area contributed by atoms with E-state index in [-0.39, 0.29) is 5.91 Å². The molecular weight excluding hydrogens is 282 g/mol. The number of carbonyl (C=O) groups excluding carboxylic acids is 1. The molecule has 3 fully saturated rings. The van der Waals surface area contributed by atoms with Crippen molar-refractivity contribution < 1.29 is 4.79 Å². The molecule has 2 aromatic rings. The molecule has 1 amide bonds. The molecular formula is C16H19N3OS. The van der Waals surface area contributed by atoms with Gasteiger partial charge < -0.3 is 5.32 Å². The Balaban J connectivity index is 1.51. The van der Waals surface area contributed by atoms with Gasteiger partial charge in [0.2, 0.25) is 0 Å². The molecule has 0 radical (unpaired) electrons. The summed E-state index contributed by atoms with van der Waals surface area (Å²) in [5.41, 5.74) is 0. The second-order valence-corrected chi connectivity index (χ2v) is 7.32. The van der Waals surface area contributed by atoms with Gasteiger partial charge in [0.05, 0.1) is 9.58 Å². The van der Waals surface area contributed by atoms with Crippen LogP contribution in [-0.4, -0.2) is 41.0 Å². The molecule has 1 N–H and O–H groups in total. The normalized spacial score (nSPS) is 31.5. The van der Waals surface area contributed by atoms with E-state index in [1.807, 2.05) is 18.3 Å². The number of nitrogens with one attached hydrogen (secondary N) is 1. The van der Waals surface area contributed by atoms with E-state index in [9.17, 15) is 4.79 Å². The molecule has 0 saturated carbocycles. The number of nitrogens with zero attached hydrogens (tertiary/aromatic N) is 2. The van der Waals surface area contributed by atoms with Gasteiger partial charge in [0.1, 0.15) is 0 Å². The van der Waals surface area contributed by atoms with Crippen LogP contribution in [0.25, 0.3) is 10.1 Å². The Morgan fingerprint density at radius 3 is 3.14 bits per heavy atom. The first kappa shape index (κ1) is 13.2. The molecule has 0 aliphatic carbocycles. The van der Waals surface area contributed by atoms with Gasteiger partial charge in [-0.05, 0) is 49.7 Å². The van der Waals surface area contributed by atoms with Crippen molar-refractivity contribution in [1.29, 1.82) is 0 Å². The highest BCUT2D eigenvalue weighted by Crippen LogP contribution is 2.32. The summed E-state index contributed by atoms with van der Waals surface area (Å²) in [5, 5.41) is 4.36. The molecule has 2 aromatic heterocycles. The van der Waals surface area contributed by atoms with Crippen LogP contribution in [0.15, 0.2) is 24.5 Å². The number of rotatable bonds is 2. The fraction of sp³-hybridized carbons (Fsp3) is 0.500. The molecule has 5 heterocycles. The fourth-order valence-corrected chi connectivity index (χ4v) is 4.63. The zero-order valence-electron chi connectivity index (χ0n) is 12.1. The number of aromatic nitrogens is 1. The maximum Gasteiger partial charge on any atom is 0.261 e. The molecule has 21 heavy (non-hydrogen) atoms. The van der Waals surface area contributed by atoms with E-state index in [0.29, 0.717) is 18.0 Å². The monoisotopic (exact) mass is 301 g/mol. The summed E-state index contributed by atoms with van der Waals surface area (Å²) >= 11 is 1.53. The van der Waals surface area contributed by atoms with Crippen LogP contribution in [0.3, 0.4) is 0 Å². The molecule has 3 aliphatic rings. The molecule has 0 spiro atoms. The van der Waals surface area contributed by atoms with Crippen molar-refractivity contribution in [2.24, 2.45) is 5.92 Å². The third-order valence-electron chi connectivity index (χ3n) is 4.92. The van der Waals surface area contributed by atoms with Crippen LogP contribution in [0.5, 0.6) is 0 Å². The Kier molecular flexibility index (Phi) is 3.19. The first-order valence-electron chi connectivity index (χ1n) is 7.59. The SMILES string of the molecule is CC1CC2CCN1CC2NC(=O)c1cc2ccncc2s1. The van der Waals surface area contributed by atoms with Crippen LogP contribution in [-0.2, 0) is 0 Å². The van der Waals surface area contributed by atoms with Gasteiger partial charge in [-0.1, -0.05) is 0 Å². The average molecular weight is 301 g/mol. The summed E-state index contributed by atoms with van der Waals surface area (Å²) in [6, 6.07) is 4.91. The zero-order valence-corrected chi connectivity index (χ0v) is 12.9. The lowest BCUT2D eigenvalue weighted by Gasteiger charge is -2.48. The number of hydrogen-bond donors (Lipinski definition) is 1. The molecule has 4 unspecified atom stereocenters. The number of carbonyl (C=O) groups is 1. The number of pyridine rings is 1. The summed E-state index contributed by atoms with van der Waals surface area (Å²) in [4.78, 5) is 19.9. The van der Waals surface area contributed by atoms with Crippen LogP contribution in [0.2, 0.25) is 0 Å². The van der Waals surface area contributed by atoms with Crippen molar-refractivity contribution in [1.82, 2.24) is 15.2 Å². The van der Waals surface area contributed by atoms with E-state index in [0.717, 1.165) is 21.5 Å². The molecule has 5 heteroatoms. The smallest absolute Gasteiger partial charge is 0.261 e. The number of piperidine rings is 3. The second kappa shape index (κ2) is 5.07. The Morgan fingerprint density at radius 2 is 2.43 bits per heavy atom.